The lowest BCUT2D eigenvalue weighted by molar-refractivity contribution is 0.280. The van der Waals surface area contributed by atoms with Crippen LogP contribution in [0.15, 0.2) is 35.1 Å². The van der Waals surface area contributed by atoms with Crippen LogP contribution in [0.3, 0.4) is 0 Å². The molecule has 2 aromatic heterocycles. The summed E-state index contributed by atoms with van der Waals surface area (Å²) < 4.78 is 1.93. The predicted octanol–water partition coefficient (Wildman–Crippen LogP) is 1.92. The monoisotopic (exact) mass is 302 g/mol. The van der Waals surface area contributed by atoms with E-state index in [4.69, 9.17) is 11.6 Å². The summed E-state index contributed by atoms with van der Waals surface area (Å²) >= 11 is 5.80. The first-order valence-electron chi connectivity index (χ1n) is 7.14. The van der Waals surface area contributed by atoms with Gasteiger partial charge in [0.1, 0.15) is 0 Å². The predicted molar refractivity (Wildman–Crippen MR) is 80.8 cm³/mol. The summed E-state index contributed by atoms with van der Waals surface area (Å²) in [6.45, 7) is 2.58. The minimum Gasteiger partial charge on any atom is -0.354 e. The van der Waals surface area contributed by atoms with Gasteiger partial charge in [-0.05, 0) is 30.5 Å². The van der Waals surface area contributed by atoms with E-state index in [0.717, 1.165) is 37.6 Å². The fourth-order valence-electron chi connectivity index (χ4n) is 3.56. The van der Waals surface area contributed by atoms with Gasteiger partial charge in [-0.1, -0.05) is 17.7 Å². The lowest BCUT2D eigenvalue weighted by Gasteiger charge is -2.43. The Morgan fingerprint density at radius 3 is 2.81 bits per heavy atom. The molecule has 6 heteroatoms. The summed E-state index contributed by atoms with van der Waals surface area (Å²) in [5.74, 6) is 1.72. The van der Waals surface area contributed by atoms with Crippen molar-refractivity contribution in [2.45, 2.75) is 18.9 Å². The van der Waals surface area contributed by atoms with Gasteiger partial charge >= 0.3 is 0 Å². The summed E-state index contributed by atoms with van der Waals surface area (Å²) in [4.78, 5) is 14.2. The molecule has 2 aliphatic rings. The summed E-state index contributed by atoms with van der Waals surface area (Å²) in [5, 5.41) is 8.51. The van der Waals surface area contributed by atoms with Gasteiger partial charge in [-0.25, -0.2) is 0 Å². The highest BCUT2D eigenvalue weighted by molar-refractivity contribution is 6.29. The zero-order valence-electron chi connectivity index (χ0n) is 11.4. The third kappa shape index (κ3) is 2.21. The first kappa shape index (κ1) is 12.8. The number of piperidine rings is 1. The van der Waals surface area contributed by atoms with Crippen molar-refractivity contribution in [3.63, 3.8) is 0 Å². The number of hydrogen-bond donors (Lipinski definition) is 0. The van der Waals surface area contributed by atoms with Crippen molar-refractivity contribution in [2.24, 2.45) is 5.92 Å². The van der Waals surface area contributed by atoms with Crippen molar-refractivity contribution in [2.75, 3.05) is 18.0 Å². The minimum atomic E-state index is 0.113. The second kappa shape index (κ2) is 4.84. The van der Waals surface area contributed by atoms with E-state index < -0.39 is 0 Å². The summed E-state index contributed by atoms with van der Waals surface area (Å²) in [5.41, 5.74) is 1.26. The molecule has 0 unspecified atom stereocenters. The molecule has 0 aromatic carbocycles. The third-order valence-electron chi connectivity index (χ3n) is 4.42. The maximum Gasteiger partial charge on any atom is 0.250 e. The topological polar surface area (TPSA) is 51.0 Å². The fraction of sp³-hybridized carbons (Fsp3) is 0.400. The Morgan fingerprint density at radius 2 is 2.00 bits per heavy atom. The molecule has 0 N–H and O–H groups in total. The van der Waals surface area contributed by atoms with Crippen molar-refractivity contribution in [1.82, 2.24) is 14.8 Å². The van der Waals surface area contributed by atoms with Crippen LogP contribution in [0.5, 0.6) is 0 Å². The Morgan fingerprint density at radius 1 is 1.10 bits per heavy atom. The van der Waals surface area contributed by atoms with Crippen molar-refractivity contribution >= 4 is 17.4 Å². The molecule has 4 heterocycles. The maximum absolute atomic E-state index is 12.0. The fourth-order valence-corrected chi connectivity index (χ4v) is 3.66. The molecule has 2 aromatic rings. The summed E-state index contributed by atoms with van der Waals surface area (Å²) in [6, 6.07) is 9.25. The second-order valence-electron chi connectivity index (χ2n) is 5.82. The van der Waals surface area contributed by atoms with Gasteiger partial charge in [0.05, 0.1) is 0 Å². The first-order chi connectivity index (χ1) is 10.2. The van der Waals surface area contributed by atoms with Crippen molar-refractivity contribution in [3.8, 4) is 0 Å². The van der Waals surface area contributed by atoms with E-state index in [-0.39, 0.29) is 5.56 Å². The van der Waals surface area contributed by atoms with Gasteiger partial charge in [0.15, 0.2) is 11.0 Å². The van der Waals surface area contributed by atoms with Gasteiger partial charge in [-0.15, -0.1) is 10.2 Å². The highest BCUT2D eigenvalue weighted by Gasteiger charge is 2.34. The van der Waals surface area contributed by atoms with Gasteiger partial charge in [0, 0.05) is 37.3 Å². The van der Waals surface area contributed by atoms with Gasteiger partial charge in [-0.2, -0.15) is 0 Å². The third-order valence-corrected chi connectivity index (χ3v) is 4.62. The molecule has 0 amide bonds. The number of nitrogens with zero attached hydrogens (tertiary/aromatic N) is 4. The Bertz CT molecular complexity index is 727. The van der Waals surface area contributed by atoms with Crippen LogP contribution in [0.4, 0.5) is 5.82 Å². The average molecular weight is 303 g/mol. The Labute approximate surface area is 127 Å². The lowest BCUT2D eigenvalue weighted by Crippen LogP contribution is -2.47. The van der Waals surface area contributed by atoms with Crippen molar-refractivity contribution in [1.29, 1.82) is 0 Å². The van der Waals surface area contributed by atoms with E-state index >= 15 is 0 Å². The number of pyridine rings is 1. The normalized spacial score (nSPS) is 23.8. The van der Waals surface area contributed by atoms with E-state index in [1.54, 1.807) is 12.1 Å². The molecule has 0 aliphatic carbocycles. The number of hydrogen-bond acceptors (Lipinski definition) is 4. The first-order valence-corrected chi connectivity index (χ1v) is 7.52. The van der Waals surface area contributed by atoms with E-state index in [2.05, 4.69) is 21.2 Å². The molecule has 2 bridgehead atoms. The second-order valence-corrected chi connectivity index (χ2v) is 6.20. The minimum absolute atomic E-state index is 0.113. The SMILES string of the molecule is O=c1cccc2n1C[C@@H]1C[C@@H]2CN(c2ccc(Cl)nn2)C1. The lowest BCUT2D eigenvalue weighted by atomic mass is 9.83. The number of anilines is 1. The Balaban J connectivity index is 1.68. The molecule has 1 saturated heterocycles. The van der Waals surface area contributed by atoms with E-state index in [1.807, 2.05) is 16.7 Å². The molecular weight excluding hydrogens is 288 g/mol. The van der Waals surface area contributed by atoms with Crippen LogP contribution in [-0.2, 0) is 6.54 Å². The van der Waals surface area contributed by atoms with Gasteiger partial charge in [0.25, 0.3) is 5.56 Å². The van der Waals surface area contributed by atoms with Crippen LogP contribution in [-0.4, -0.2) is 27.9 Å². The van der Waals surface area contributed by atoms with Crippen LogP contribution in [0.1, 0.15) is 18.0 Å². The van der Waals surface area contributed by atoms with Gasteiger partial charge < -0.3 is 9.47 Å². The highest BCUT2D eigenvalue weighted by Crippen LogP contribution is 2.36. The quantitative estimate of drug-likeness (QED) is 0.807. The Kier molecular flexibility index (Phi) is 2.96. The van der Waals surface area contributed by atoms with E-state index in [0.29, 0.717) is 17.0 Å². The summed E-state index contributed by atoms with van der Waals surface area (Å²) in [6.07, 6.45) is 1.14. The Hall–Kier alpha value is -1.88. The van der Waals surface area contributed by atoms with Crippen LogP contribution >= 0.6 is 11.6 Å². The molecule has 21 heavy (non-hydrogen) atoms. The molecule has 0 saturated carbocycles. The average Bonchev–Trinajstić information content (AvgIpc) is 2.49. The smallest absolute Gasteiger partial charge is 0.250 e. The molecule has 2 aliphatic heterocycles. The zero-order chi connectivity index (χ0) is 14.4. The van der Waals surface area contributed by atoms with Crippen LogP contribution < -0.4 is 10.5 Å². The van der Waals surface area contributed by atoms with Gasteiger partial charge in [0.2, 0.25) is 0 Å². The molecular formula is C15H15ClN4O. The standard InChI is InChI=1S/C15H15ClN4O/c16-13-4-5-14(18-17-13)19-7-10-6-11(9-19)12-2-1-3-15(21)20(12)8-10/h1-5,10-11H,6-9H2/t10-,11-/m1/s1. The van der Waals surface area contributed by atoms with Crippen molar-refractivity contribution < 1.29 is 0 Å². The maximum atomic E-state index is 12.0. The number of halogens is 1. The van der Waals surface area contributed by atoms with Crippen LogP contribution in [0, 0.1) is 5.92 Å². The van der Waals surface area contributed by atoms with E-state index in [1.165, 1.54) is 0 Å². The van der Waals surface area contributed by atoms with E-state index in [9.17, 15) is 4.79 Å². The van der Waals surface area contributed by atoms with Gasteiger partial charge in [-0.3, -0.25) is 4.79 Å². The number of aromatic nitrogens is 3. The number of rotatable bonds is 1. The summed E-state index contributed by atoms with van der Waals surface area (Å²) in [7, 11) is 0. The van der Waals surface area contributed by atoms with Crippen LogP contribution in [0.2, 0.25) is 5.15 Å². The highest BCUT2D eigenvalue weighted by atomic mass is 35.5. The molecule has 0 radical (unpaired) electrons. The van der Waals surface area contributed by atoms with Crippen molar-refractivity contribution in [3.05, 3.63) is 51.5 Å². The van der Waals surface area contributed by atoms with Crippen LogP contribution in [0.25, 0.3) is 0 Å². The molecule has 4 rings (SSSR count). The molecule has 0 spiro atoms. The largest absolute Gasteiger partial charge is 0.354 e. The molecule has 1 fully saturated rings. The molecule has 5 nitrogen and oxygen atoms in total. The molecule has 2 atom stereocenters. The zero-order valence-corrected chi connectivity index (χ0v) is 12.2. The molecule has 108 valence electrons. The number of fused-ring (bicyclic) bond motifs is 4.